The third-order valence-corrected chi connectivity index (χ3v) is 7.05. The zero-order chi connectivity index (χ0) is 26.1. The monoisotopic (exact) mass is 542 g/mol. The van der Waals surface area contributed by atoms with Crippen molar-refractivity contribution in [2.75, 3.05) is 5.75 Å². The normalized spacial score (nSPS) is 12.1. The summed E-state index contributed by atoms with van der Waals surface area (Å²) >= 11 is 14.2. The Morgan fingerprint density at radius 3 is 2.19 bits per heavy atom. The van der Waals surface area contributed by atoms with Gasteiger partial charge in [0.05, 0.1) is 0 Å². The van der Waals surface area contributed by atoms with Crippen molar-refractivity contribution in [1.29, 1.82) is 0 Å². The number of halogens is 2. The lowest BCUT2D eigenvalue weighted by Crippen LogP contribution is -2.54. The van der Waals surface area contributed by atoms with Crippen LogP contribution in [-0.4, -0.2) is 34.0 Å². The van der Waals surface area contributed by atoms with Crippen molar-refractivity contribution in [3.05, 3.63) is 100 Å². The van der Waals surface area contributed by atoms with Crippen LogP contribution in [0.1, 0.15) is 38.3 Å². The maximum absolute atomic E-state index is 13.7. The number of rotatable bonds is 10. The van der Waals surface area contributed by atoms with Crippen molar-refractivity contribution in [1.82, 2.24) is 10.2 Å². The summed E-state index contributed by atoms with van der Waals surface area (Å²) < 4.78 is 0. The molecular formula is C29H32Cl2N2O2S. The van der Waals surface area contributed by atoms with E-state index in [4.69, 9.17) is 23.2 Å². The Kier molecular flexibility index (Phi) is 10.3. The van der Waals surface area contributed by atoms with Crippen LogP contribution < -0.4 is 5.32 Å². The van der Waals surface area contributed by atoms with Gasteiger partial charge in [0.15, 0.2) is 0 Å². The van der Waals surface area contributed by atoms with E-state index >= 15 is 0 Å². The zero-order valence-electron chi connectivity index (χ0n) is 20.8. The Hall–Kier alpha value is -2.47. The van der Waals surface area contributed by atoms with Gasteiger partial charge in [-0.15, -0.1) is 11.8 Å². The molecule has 0 fully saturated rings. The maximum Gasteiger partial charge on any atom is 0.243 e. The molecule has 0 saturated carbocycles. The average molecular weight is 544 g/mol. The number of nitrogens with one attached hydrogen (secondary N) is 1. The SMILES string of the molecule is CC(C)(C)NC(=O)[C@@H](Cc1ccccc1)N(Cc1ccc(Cl)cc1Cl)C(=O)CCSc1ccccc1. The van der Waals surface area contributed by atoms with Crippen molar-refractivity contribution in [3.63, 3.8) is 0 Å². The van der Waals surface area contributed by atoms with Crippen LogP contribution in [0.15, 0.2) is 83.8 Å². The summed E-state index contributed by atoms with van der Waals surface area (Å²) in [5.41, 5.74) is 1.28. The first-order chi connectivity index (χ1) is 17.1. The highest BCUT2D eigenvalue weighted by Crippen LogP contribution is 2.25. The third-order valence-electron chi connectivity index (χ3n) is 5.45. The van der Waals surface area contributed by atoms with E-state index in [0.29, 0.717) is 28.6 Å². The molecule has 4 nitrogen and oxygen atoms in total. The Balaban J connectivity index is 1.90. The third kappa shape index (κ3) is 8.88. The average Bonchev–Trinajstić information content (AvgIpc) is 2.82. The van der Waals surface area contributed by atoms with Gasteiger partial charge in [0, 0.05) is 45.6 Å². The smallest absolute Gasteiger partial charge is 0.243 e. The minimum absolute atomic E-state index is 0.102. The second-order valence-electron chi connectivity index (χ2n) is 9.61. The van der Waals surface area contributed by atoms with Crippen LogP contribution >= 0.6 is 35.0 Å². The van der Waals surface area contributed by atoms with Crippen molar-refractivity contribution in [2.24, 2.45) is 0 Å². The molecule has 0 spiro atoms. The van der Waals surface area contributed by atoms with Gasteiger partial charge in [-0.2, -0.15) is 0 Å². The summed E-state index contributed by atoms with van der Waals surface area (Å²) in [5, 5.41) is 4.06. The van der Waals surface area contributed by atoms with Gasteiger partial charge in [0.25, 0.3) is 0 Å². The van der Waals surface area contributed by atoms with Crippen molar-refractivity contribution < 1.29 is 9.59 Å². The predicted molar refractivity (Wildman–Crippen MR) is 151 cm³/mol. The van der Waals surface area contributed by atoms with E-state index in [1.165, 1.54) is 0 Å². The van der Waals surface area contributed by atoms with Gasteiger partial charge >= 0.3 is 0 Å². The molecule has 0 aliphatic heterocycles. The van der Waals surface area contributed by atoms with Crippen molar-refractivity contribution >= 4 is 46.8 Å². The minimum atomic E-state index is -0.701. The number of amides is 2. The van der Waals surface area contributed by atoms with Crippen LogP contribution in [0.25, 0.3) is 0 Å². The van der Waals surface area contributed by atoms with Crippen LogP contribution in [0, 0.1) is 0 Å². The van der Waals surface area contributed by atoms with Gasteiger partial charge in [-0.1, -0.05) is 77.8 Å². The second-order valence-corrected chi connectivity index (χ2v) is 11.6. The number of carbonyl (C=O) groups excluding carboxylic acids is 2. The zero-order valence-corrected chi connectivity index (χ0v) is 23.2. The largest absolute Gasteiger partial charge is 0.350 e. The predicted octanol–water partition coefficient (Wildman–Crippen LogP) is 7.03. The molecule has 7 heteroatoms. The molecule has 3 aromatic rings. The maximum atomic E-state index is 13.7. The van der Waals surface area contributed by atoms with Crippen LogP contribution in [0.3, 0.4) is 0 Å². The van der Waals surface area contributed by atoms with E-state index in [9.17, 15) is 9.59 Å². The van der Waals surface area contributed by atoms with Crippen LogP contribution in [0.2, 0.25) is 10.0 Å². The molecule has 3 rings (SSSR count). The summed E-state index contributed by atoms with van der Waals surface area (Å²) in [5.74, 6) is 0.307. The molecule has 36 heavy (non-hydrogen) atoms. The summed E-state index contributed by atoms with van der Waals surface area (Å²) in [4.78, 5) is 30.0. The molecule has 1 N–H and O–H groups in total. The topological polar surface area (TPSA) is 49.4 Å². The number of hydrogen-bond donors (Lipinski definition) is 1. The van der Waals surface area contributed by atoms with E-state index in [0.717, 1.165) is 16.0 Å². The molecular weight excluding hydrogens is 511 g/mol. The Bertz CT molecular complexity index is 1150. The number of benzene rings is 3. The van der Waals surface area contributed by atoms with E-state index in [1.54, 1.807) is 28.8 Å². The molecule has 0 unspecified atom stereocenters. The summed E-state index contributed by atoms with van der Waals surface area (Å²) in [6.07, 6.45) is 0.685. The number of thioether (sulfide) groups is 1. The molecule has 0 saturated heterocycles. The lowest BCUT2D eigenvalue weighted by molar-refractivity contribution is -0.141. The standard InChI is InChI=1S/C29H32Cl2N2O2S/c1-29(2,3)32-28(35)26(18-21-10-6-4-7-11-21)33(20-22-14-15-23(30)19-25(22)31)27(34)16-17-36-24-12-8-5-9-13-24/h4-15,19,26H,16-18,20H2,1-3H3,(H,32,35)/t26-/m1/s1. The molecule has 0 aliphatic rings. The number of nitrogens with zero attached hydrogens (tertiary/aromatic N) is 1. The van der Waals surface area contributed by atoms with E-state index < -0.39 is 11.6 Å². The molecule has 0 aromatic heterocycles. The number of hydrogen-bond acceptors (Lipinski definition) is 3. The lowest BCUT2D eigenvalue weighted by Gasteiger charge is -2.34. The summed E-state index contributed by atoms with van der Waals surface area (Å²) in [7, 11) is 0. The van der Waals surface area contributed by atoms with Gasteiger partial charge in [0.1, 0.15) is 6.04 Å². The first kappa shape index (κ1) is 28.1. The first-order valence-electron chi connectivity index (χ1n) is 11.9. The van der Waals surface area contributed by atoms with Crippen LogP contribution in [0.5, 0.6) is 0 Å². The van der Waals surface area contributed by atoms with Gasteiger partial charge in [-0.25, -0.2) is 0 Å². The lowest BCUT2D eigenvalue weighted by atomic mass is 10.0. The highest BCUT2D eigenvalue weighted by Gasteiger charge is 2.32. The van der Waals surface area contributed by atoms with Crippen molar-refractivity contribution in [2.45, 2.75) is 56.6 Å². The van der Waals surface area contributed by atoms with Gasteiger partial charge in [-0.3, -0.25) is 9.59 Å². The summed E-state index contributed by atoms with van der Waals surface area (Å²) in [6, 6.07) is 24.2. The van der Waals surface area contributed by atoms with Gasteiger partial charge in [-0.05, 0) is 56.2 Å². The minimum Gasteiger partial charge on any atom is -0.350 e. The van der Waals surface area contributed by atoms with Crippen LogP contribution in [0.4, 0.5) is 0 Å². The molecule has 190 valence electrons. The quantitative estimate of drug-likeness (QED) is 0.279. The van der Waals surface area contributed by atoms with Crippen LogP contribution in [-0.2, 0) is 22.6 Å². The molecule has 0 bridgehead atoms. The molecule has 1 atom stereocenters. The van der Waals surface area contributed by atoms with E-state index in [1.807, 2.05) is 87.5 Å². The fourth-order valence-corrected chi connectivity index (χ4v) is 5.09. The summed E-state index contributed by atoms with van der Waals surface area (Å²) in [6.45, 7) is 6.01. The van der Waals surface area contributed by atoms with Crippen molar-refractivity contribution in [3.8, 4) is 0 Å². The fraction of sp³-hybridized carbons (Fsp3) is 0.310. The molecule has 0 radical (unpaired) electrons. The highest BCUT2D eigenvalue weighted by atomic mass is 35.5. The number of carbonyl (C=O) groups is 2. The first-order valence-corrected chi connectivity index (χ1v) is 13.6. The molecule has 0 aliphatic carbocycles. The fourth-order valence-electron chi connectivity index (χ4n) is 3.76. The second kappa shape index (κ2) is 13.2. The highest BCUT2D eigenvalue weighted by molar-refractivity contribution is 7.99. The molecule has 0 heterocycles. The van der Waals surface area contributed by atoms with Gasteiger partial charge in [0.2, 0.25) is 11.8 Å². The van der Waals surface area contributed by atoms with Gasteiger partial charge < -0.3 is 10.2 Å². The molecule has 3 aromatic carbocycles. The Morgan fingerprint density at radius 2 is 1.58 bits per heavy atom. The Labute approximate surface area is 228 Å². The van der Waals surface area contributed by atoms with E-state index in [-0.39, 0.29) is 18.4 Å². The Morgan fingerprint density at radius 1 is 0.944 bits per heavy atom. The van der Waals surface area contributed by atoms with E-state index in [2.05, 4.69) is 5.32 Å². The molecule has 2 amide bonds.